The van der Waals surface area contributed by atoms with Gasteiger partial charge in [0.25, 0.3) is 0 Å². The Bertz CT molecular complexity index is 1560. The Morgan fingerprint density at radius 2 is 1.03 bits per heavy atom. The second-order valence-corrected chi connectivity index (χ2v) is 13.1. The monoisotopic (exact) mass is 504 g/mol. The number of hydrogen-bond acceptors (Lipinski definition) is 4. The normalized spacial score (nSPS) is 15.9. The standard InChI is InChI=1S/C32H28N2S2/c1-17-13-19(23-9-7-11-35-23)15-21-25(17)27-29(31(21,3)4)34-28-26-18(2)14-20(24-10-8-12-36-24)16-22(26)32(5,6)30(28)33-27/h7-16H,1-6H3. The molecule has 7 rings (SSSR count). The zero-order valence-electron chi connectivity index (χ0n) is 21.5. The van der Waals surface area contributed by atoms with Crippen LogP contribution in [0.2, 0.25) is 0 Å². The number of aromatic nitrogens is 2. The number of aryl methyl sites for hydroxylation is 2. The smallest absolute Gasteiger partial charge is 0.0936 e. The quantitative estimate of drug-likeness (QED) is 0.239. The molecule has 0 saturated heterocycles. The van der Waals surface area contributed by atoms with Crippen LogP contribution in [0.5, 0.6) is 0 Å². The first-order chi connectivity index (χ1) is 17.2. The molecule has 0 spiro atoms. The van der Waals surface area contributed by atoms with E-state index in [-0.39, 0.29) is 10.8 Å². The van der Waals surface area contributed by atoms with Gasteiger partial charge in [-0.15, -0.1) is 22.7 Å². The van der Waals surface area contributed by atoms with Crippen LogP contribution in [0.25, 0.3) is 43.4 Å². The molecular formula is C32H28N2S2. The number of fused-ring (bicyclic) bond motifs is 6. The number of hydrogen-bond donors (Lipinski definition) is 0. The summed E-state index contributed by atoms with van der Waals surface area (Å²) >= 11 is 3.59. The summed E-state index contributed by atoms with van der Waals surface area (Å²) < 4.78 is 0. The summed E-state index contributed by atoms with van der Waals surface area (Å²) in [6.07, 6.45) is 0. The molecule has 178 valence electrons. The number of benzene rings is 2. The van der Waals surface area contributed by atoms with Crippen molar-refractivity contribution < 1.29 is 0 Å². The molecular weight excluding hydrogens is 477 g/mol. The topological polar surface area (TPSA) is 25.8 Å². The zero-order chi connectivity index (χ0) is 25.0. The molecule has 0 fully saturated rings. The summed E-state index contributed by atoms with van der Waals surface area (Å²) in [7, 11) is 0. The molecule has 0 saturated carbocycles. The van der Waals surface area contributed by atoms with Gasteiger partial charge in [0.05, 0.1) is 22.8 Å². The van der Waals surface area contributed by atoms with E-state index in [0.29, 0.717) is 0 Å². The van der Waals surface area contributed by atoms with E-state index in [4.69, 9.17) is 9.97 Å². The van der Waals surface area contributed by atoms with Crippen molar-refractivity contribution in [2.75, 3.05) is 0 Å². The Labute approximate surface area is 220 Å². The first-order valence-corrected chi connectivity index (χ1v) is 14.3. The lowest BCUT2D eigenvalue weighted by atomic mass is 9.83. The van der Waals surface area contributed by atoms with Crippen molar-refractivity contribution in [2.24, 2.45) is 0 Å². The highest BCUT2D eigenvalue weighted by Gasteiger charge is 2.45. The Morgan fingerprint density at radius 1 is 0.611 bits per heavy atom. The van der Waals surface area contributed by atoms with Gasteiger partial charge >= 0.3 is 0 Å². The average Bonchev–Trinajstić information content (AvgIpc) is 3.62. The van der Waals surface area contributed by atoms with Crippen molar-refractivity contribution in [1.29, 1.82) is 0 Å². The van der Waals surface area contributed by atoms with Crippen LogP contribution in [0.15, 0.2) is 59.3 Å². The molecule has 2 nitrogen and oxygen atoms in total. The second kappa shape index (κ2) is 7.24. The fraction of sp³-hybridized carbons (Fsp3) is 0.250. The molecule has 4 heteroatoms. The number of thiophene rings is 2. The van der Waals surface area contributed by atoms with Crippen LogP contribution in [0.4, 0.5) is 0 Å². The van der Waals surface area contributed by atoms with E-state index in [2.05, 4.69) is 101 Å². The lowest BCUT2D eigenvalue weighted by Gasteiger charge is -2.22. The predicted molar refractivity (Wildman–Crippen MR) is 153 cm³/mol. The van der Waals surface area contributed by atoms with Gasteiger partial charge in [-0.1, -0.05) is 39.8 Å². The first kappa shape index (κ1) is 22.1. The second-order valence-electron chi connectivity index (χ2n) is 11.3. The maximum Gasteiger partial charge on any atom is 0.0936 e. The highest BCUT2D eigenvalue weighted by Crippen LogP contribution is 2.55. The Morgan fingerprint density at radius 3 is 1.39 bits per heavy atom. The lowest BCUT2D eigenvalue weighted by Crippen LogP contribution is -2.20. The minimum Gasteiger partial charge on any atom is -0.248 e. The summed E-state index contributed by atoms with van der Waals surface area (Å²) in [4.78, 5) is 13.6. The largest absolute Gasteiger partial charge is 0.248 e. The molecule has 0 unspecified atom stereocenters. The molecule has 0 N–H and O–H groups in total. The Kier molecular flexibility index (Phi) is 4.45. The molecule has 3 aromatic heterocycles. The van der Waals surface area contributed by atoms with Gasteiger partial charge in [-0.3, -0.25) is 0 Å². The molecule has 0 atom stereocenters. The average molecular weight is 505 g/mol. The summed E-state index contributed by atoms with van der Waals surface area (Å²) in [5, 5.41) is 4.30. The van der Waals surface area contributed by atoms with E-state index in [1.807, 2.05) is 0 Å². The van der Waals surface area contributed by atoms with E-state index in [1.165, 1.54) is 54.3 Å². The Hall–Kier alpha value is -3.08. The van der Waals surface area contributed by atoms with Crippen LogP contribution in [0.3, 0.4) is 0 Å². The van der Waals surface area contributed by atoms with Crippen LogP contribution in [0, 0.1) is 13.8 Å². The zero-order valence-corrected chi connectivity index (χ0v) is 23.1. The Balaban J connectivity index is 1.46. The highest BCUT2D eigenvalue weighted by molar-refractivity contribution is 7.13. The summed E-state index contributed by atoms with van der Waals surface area (Å²) in [6, 6.07) is 18.1. The van der Waals surface area contributed by atoms with Gasteiger partial charge in [-0.05, 0) is 94.4 Å². The van der Waals surface area contributed by atoms with Gasteiger partial charge in [0.15, 0.2) is 0 Å². The van der Waals surface area contributed by atoms with Gasteiger partial charge in [0.2, 0.25) is 0 Å². The fourth-order valence-electron chi connectivity index (χ4n) is 6.27. The van der Waals surface area contributed by atoms with Crippen molar-refractivity contribution in [3.8, 4) is 43.4 Å². The van der Waals surface area contributed by atoms with E-state index in [9.17, 15) is 0 Å². The minimum absolute atomic E-state index is 0.206. The van der Waals surface area contributed by atoms with Crippen molar-refractivity contribution in [2.45, 2.75) is 52.4 Å². The van der Waals surface area contributed by atoms with Crippen molar-refractivity contribution in [3.05, 3.63) is 92.9 Å². The molecule has 2 aliphatic carbocycles. The van der Waals surface area contributed by atoms with Gasteiger partial charge < -0.3 is 0 Å². The third kappa shape index (κ3) is 2.83. The van der Waals surface area contributed by atoms with E-state index >= 15 is 0 Å². The molecule has 0 bridgehead atoms. The van der Waals surface area contributed by atoms with Crippen LogP contribution in [-0.4, -0.2) is 9.97 Å². The van der Waals surface area contributed by atoms with Crippen molar-refractivity contribution in [3.63, 3.8) is 0 Å². The highest BCUT2D eigenvalue weighted by atomic mass is 32.1. The van der Waals surface area contributed by atoms with E-state index < -0.39 is 0 Å². The third-order valence-corrected chi connectivity index (χ3v) is 10.0. The van der Waals surface area contributed by atoms with Crippen LogP contribution in [0.1, 0.15) is 61.3 Å². The van der Waals surface area contributed by atoms with E-state index in [1.54, 1.807) is 22.7 Å². The van der Waals surface area contributed by atoms with Gasteiger partial charge in [-0.25, -0.2) is 9.97 Å². The van der Waals surface area contributed by atoms with Gasteiger partial charge in [0, 0.05) is 31.7 Å². The van der Waals surface area contributed by atoms with Crippen molar-refractivity contribution in [1.82, 2.24) is 9.97 Å². The van der Waals surface area contributed by atoms with Crippen LogP contribution < -0.4 is 0 Å². The molecule has 0 radical (unpaired) electrons. The summed E-state index contributed by atoms with van der Waals surface area (Å²) in [6.45, 7) is 13.7. The lowest BCUT2D eigenvalue weighted by molar-refractivity contribution is 0.617. The summed E-state index contributed by atoms with van der Waals surface area (Å²) in [5.41, 5.74) is 14.3. The predicted octanol–water partition coefficient (Wildman–Crippen LogP) is 9.16. The molecule has 0 aliphatic heterocycles. The van der Waals surface area contributed by atoms with E-state index in [0.717, 1.165) is 22.8 Å². The maximum absolute atomic E-state index is 5.47. The number of nitrogens with zero attached hydrogens (tertiary/aromatic N) is 2. The summed E-state index contributed by atoms with van der Waals surface area (Å²) in [5.74, 6) is 0. The first-order valence-electron chi connectivity index (χ1n) is 12.5. The third-order valence-electron chi connectivity index (χ3n) is 8.18. The SMILES string of the molecule is Cc1cc(-c2cccs2)cc2c1-c1nc3c(nc1C2(C)C)-c1c(C)cc(-c2cccs2)cc1C3(C)C. The molecule has 36 heavy (non-hydrogen) atoms. The number of rotatable bonds is 2. The maximum atomic E-state index is 5.47. The van der Waals surface area contributed by atoms with Crippen LogP contribution in [-0.2, 0) is 10.8 Å². The van der Waals surface area contributed by atoms with Gasteiger partial charge in [-0.2, -0.15) is 0 Å². The van der Waals surface area contributed by atoms with Crippen molar-refractivity contribution >= 4 is 22.7 Å². The molecule has 2 aliphatic rings. The fourth-order valence-corrected chi connectivity index (χ4v) is 7.70. The molecule has 3 heterocycles. The molecule has 2 aromatic carbocycles. The van der Waals surface area contributed by atoms with Gasteiger partial charge in [0.1, 0.15) is 0 Å². The van der Waals surface area contributed by atoms with Crippen LogP contribution >= 0.6 is 22.7 Å². The molecule has 5 aromatic rings. The molecule has 0 amide bonds. The minimum atomic E-state index is -0.206.